The molecule has 0 unspecified atom stereocenters. The number of unbranched alkanes of at least 4 members (excludes halogenated alkanes) is 14. The van der Waals surface area contributed by atoms with Crippen LogP contribution in [0.1, 0.15) is 182 Å². The van der Waals surface area contributed by atoms with Crippen molar-refractivity contribution in [2.24, 2.45) is 11.8 Å². The molecule has 450 valence electrons. The molecule has 0 rings (SSSR count). The van der Waals surface area contributed by atoms with Gasteiger partial charge < -0.3 is 66.0 Å². The van der Waals surface area contributed by atoms with Gasteiger partial charge in [0.05, 0.1) is 45.6 Å². The van der Waals surface area contributed by atoms with Crippen LogP contribution >= 0.6 is 0 Å². The molecule has 24 heteroatoms. The van der Waals surface area contributed by atoms with Crippen LogP contribution in [0, 0.1) is 11.8 Å². The molecule has 0 radical (unpaired) electrons. The Balaban J connectivity index is 0. The van der Waals surface area contributed by atoms with E-state index in [-0.39, 0.29) is 130 Å². The summed E-state index contributed by atoms with van der Waals surface area (Å²) in [6.07, 6.45) is 15.8. The minimum absolute atomic E-state index is 0. The van der Waals surface area contributed by atoms with Gasteiger partial charge in [-0.2, -0.15) is 0 Å². The number of Topliss-reactive ketones (excluding diaryl/α,β-unsaturated/α-hetero) is 2. The SMILES string of the molecule is CC(=O)[C@@H](C)CCCCNC(=O)CC[C@H](NC(=O)CC[C@H](CC(=O)COCCOCCNC(=O)COCCOCCNC(=O)CC[C@H](NC(=O)CCCCCCCCCCCCCCCCC(=O)O)C(=O)O)C(=O)O)C(=O)O.[HH]. The number of carboxylic acid groups (broad SMARTS) is 4. The van der Waals surface area contributed by atoms with Gasteiger partial charge in [0.2, 0.25) is 29.5 Å². The van der Waals surface area contributed by atoms with Crippen molar-refractivity contribution < 1.29 is 93.5 Å². The van der Waals surface area contributed by atoms with Crippen LogP contribution in [-0.4, -0.2) is 170 Å². The van der Waals surface area contributed by atoms with E-state index in [2.05, 4.69) is 26.6 Å². The molecule has 0 bridgehead atoms. The van der Waals surface area contributed by atoms with Crippen LogP contribution in [0.15, 0.2) is 0 Å². The van der Waals surface area contributed by atoms with Gasteiger partial charge >= 0.3 is 23.9 Å². The molecule has 78 heavy (non-hydrogen) atoms. The average molecular weight is 1120 g/mol. The summed E-state index contributed by atoms with van der Waals surface area (Å²) >= 11 is 0. The lowest BCUT2D eigenvalue weighted by molar-refractivity contribution is -0.145. The maximum atomic E-state index is 12.5. The van der Waals surface area contributed by atoms with Crippen molar-refractivity contribution in [3.05, 3.63) is 0 Å². The molecule has 0 aromatic rings. The van der Waals surface area contributed by atoms with E-state index in [0.29, 0.717) is 25.8 Å². The van der Waals surface area contributed by atoms with Gasteiger partial charge in [0.15, 0.2) is 5.78 Å². The molecule has 0 saturated heterocycles. The van der Waals surface area contributed by atoms with Crippen LogP contribution < -0.4 is 26.6 Å². The highest BCUT2D eigenvalue weighted by Crippen LogP contribution is 2.16. The lowest BCUT2D eigenvalue weighted by Gasteiger charge is -2.16. The number of ketones is 2. The largest absolute Gasteiger partial charge is 0.481 e. The van der Waals surface area contributed by atoms with Crippen LogP contribution in [-0.2, 0) is 71.7 Å². The van der Waals surface area contributed by atoms with Crippen molar-refractivity contribution in [1.82, 2.24) is 26.6 Å². The number of carbonyl (C=O) groups is 11. The molecule has 0 aliphatic carbocycles. The number of carbonyl (C=O) groups excluding carboxylic acids is 7. The zero-order valence-corrected chi connectivity index (χ0v) is 46.4. The Labute approximate surface area is 461 Å². The van der Waals surface area contributed by atoms with E-state index in [4.69, 9.17) is 24.1 Å². The number of aliphatic carboxylic acids is 4. The van der Waals surface area contributed by atoms with E-state index >= 15 is 0 Å². The van der Waals surface area contributed by atoms with E-state index in [1.165, 1.54) is 39.0 Å². The molecular formula is C54H95N5O19. The topological polar surface area (TPSA) is 366 Å². The molecular weight excluding hydrogens is 1020 g/mol. The van der Waals surface area contributed by atoms with Crippen LogP contribution in [0.25, 0.3) is 0 Å². The first-order valence-electron chi connectivity index (χ1n) is 27.9. The predicted octanol–water partition coefficient (Wildman–Crippen LogP) is 4.51. The summed E-state index contributed by atoms with van der Waals surface area (Å²) in [5.74, 6) is -8.61. The van der Waals surface area contributed by atoms with Crippen molar-refractivity contribution >= 4 is 65.0 Å². The molecule has 0 heterocycles. The van der Waals surface area contributed by atoms with E-state index < -0.39 is 84.3 Å². The van der Waals surface area contributed by atoms with Crippen molar-refractivity contribution in [1.29, 1.82) is 0 Å². The molecule has 0 aliphatic rings. The Bertz CT molecular complexity index is 1780. The fourth-order valence-electron chi connectivity index (χ4n) is 7.78. The van der Waals surface area contributed by atoms with Crippen molar-refractivity contribution in [2.45, 2.75) is 193 Å². The average Bonchev–Trinajstić information content (AvgIpc) is 3.38. The van der Waals surface area contributed by atoms with E-state index in [0.717, 1.165) is 57.8 Å². The third-order valence-corrected chi connectivity index (χ3v) is 12.6. The minimum atomic E-state index is -1.38. The standard InChI is InChI=1S/C54H93N5O19.H2/c1-40(41(2)60)19-17-18-28-55-46(62)26-23-45(54(73)74)59-49(65)25-22-42(52(69)70)37-43(61)38-77-35-33-76-32-30-57-50(66)39-78-36-34-75-31-29-56-47(63)27-24-44(53(71)72)58-48(64)20-15-13-11-9-7-5-3-4-6-8-10-12-14-16-21-51(67)68;/h40,42,44-45H,3-39H2,1-2H3,(H,55,62)(H,56,63)(H,57,66)(H,58,64)(H,59,65)(H,67,68)(H,69,70)(H,71,72)(H,73,74);1H/t40-,42+,44-,45-;/m0./s1. The fourth-order valence-corrected chi connectivity index (χ4v) is 7.78. The van der Waals surface area contributed by atoms with E-state index in [9.17, 15) is 68.1 Å². The second-order valence-electron chi connectivity index (χ2n) is 19.5. The summed E-state index contributed by atoms with van der Waals surface area (Å²) in [7, 11) is 0. The van der Waals surface area contributed by atoms with Crippen LogP contribution in [0.5, 0.6) is 0 Å². The van der Waals surface area contributed by atoms with Gasteiger partial charge in [-0.05, 0) is 51.9 Å². The van der Waals surface area contributed by atoms with Gasteiger partial charge in [0, 0.05) is 65.5 Å². The molecule has 0 fully saturated rings. The first-order valence-corrected chi connectivity index (χ1v) is 27.9. The highest BCUT2D eigenvalue weighted by atomic mass is 16.5. The third kappa shape index (κ3) is 45.4. The van der Waals surface area contributed by atoms with Gasteiger partial charge in [-0.15, -0.1) is 0 Å². The number of carboxylic acids is 4. The van der Waals surface area contributed by atoms with Crippen LogP contribution in [0.4, 0.5) is 0 Å². The Morgan fingerprint density at radius 1 is 0.397 bits per heavy atom. The number of ether oxygens (including phenoxy) is 4. The summed E-state index contributed by atoms with van der Waals surface area (Å²) in [5.41, 5.74) is 0. The van der Waals surface area contributed by atoms with Gasteiger partial charge in [0.25, 0.3) is 0 Å². The molecule has 9 N–H and O–H groups in total. The number of amides is 5. The number of rotatable bonds is 55. The Kier molecular flexibility index (Phi) is 45.1. The zero-order valence-electron chi connectivity index (χ0n) is 46.4. The van der Waals surface area contributed by atoms with Crippen LogP contribution in [0.2, 0.25) is 0 Å². The van der Waals surface area contributed by atoms with E-state index in [1.807, 2.05) is 6.92 Å². The molecule has 0 aromatic carbocycles. The summed E-state index contributed by atoms with van der Waals surface area (Å²) in [4.78, 5) is 131. The van der Waals surface area contributed by atoms with Gasteiger partial charge in [0.1, 0.15) is 31.1 Å². The summed E-state index contributed by atoms with van der Waals surface area (Å²) in [5, 5.41) is 50.0. The number of hydrogen-bond donors (Lipinski definition) is 9. The Morgan fingerprint density at radius 2 is 0.808 bits per heavy atom. The highest BCUT2D eigenvalue weighted by Gasteiger charge is 2.26. The minimum Gasteiger partial charge on any atom is -0.481 e. The summed E-state index contributed by atoms with van der Waals surface area (Å²) < 4.78 is 21.3. The quantitative estimate of drug-likeness (QED) is 0.0378. The maximum absolute atomic E-state index is 12.5. The lowest BCUT2D eigenvalue weighted by atomic mass is 9.97. The Morgan fingerprint density at radius 3 is 1.27 bits per heavy atom. The molecule has 4 atom stereocenters. The number of hydrogen-bond acceptors (Lipinski definition) is 15. The summed E-state index contributed by atoms with van der Waals surface area (Å²) in [6, 6.07) is -2.55. The van der Waals surface area contributed by atoms with Crippen LogP contribution in [0.3, 0.4) is 0 Å². The first-order chi connectivity index (χ1) is 37.3. The van der Waals surface area contributed by atoms with Crippen molar-refractivity contribution in [3.63, 3.8) is 0 Å². The van der Waals surface area contributed by atoms with Gasteiger partial charge in [-0.3, -0.25) is 43.2 Å². The molecule has 24 nitrogen and oxygen atoms in total. The Hall–Kier alpha value is -5.59. The van der Waals surface area contributed by atoms with E-state index in [1.54, 1.807) is 0 Å². The van der Waals surface area contributed by atoms with Crippen molar-refractivity contribution in [3.8, 4) is 0 Å². The molecule has 0 aliphatic heterocycles. The second kappa shape index (κ2) is 48.5. The molecule has 0 saturated carbocycles. The van der Waals surface area contributed by atoms with Gasteiger partial charge in [-0.1, -0.05) is 90.4 Å². The predicted molar refractivity (Wildman–Crippen MR) is 287 cm³/mol. The molecule has 0 spiro atoms. The van der Waals surface area contributed by atoms with Gasteiger partial charge in [-0.25, -0.2) is 9.59 Å². The smallest absolute Gasteiger partial charge is 0.326 e. The molecule has 0 aromatic heterocycles. The monoisotopic (exact) mass is 1120 g/mol. The molecule has 5 amide bonds. The highest BCUT2D eigenvalue weighted by molar-refractivity contribution is 5.87. The summed E-state index contributed by atoms with van der Waals surface area (Å²) in [6.45, 7) is 3.98. The lowest BCUT2D eigenvalue weighted by Crippen LogP contribution is -2.42. The second-order valence-corrected chi connectivity index (χ2v) is 19.5. The third-order valence-electron chi connectivity index (χ3n) is 12.6. The fraction of sp³-hybridized carbons (Fsp3) is 0.796. The maximum Gasteiger partial charge on any atom is 0.326 e. The normalized spacial score (nSPS) is 12.6. The van der Waals surface area contributed by atoms with Crippen molar-refractivity contribution in [2.75, 3.05) is 72.5 Å². The zero-order chi connectivity index (χ0) is 58.2. The number of nitrogens with one attached hydrogen (secondary N) is 5. The first kappa shape index (κ1) is 72.4.